The Morgan fingerprint density at radius 1 is 1.03 bits per heavy atom. The average Bonchev–Trinajstić information content (AvgIpc) is 3.26. The fraction of sp³-hybridized carbons (Fsp3) is 0.143. The van der Waals surface area contributed by atoms with E-state index in [0.717, 1.165) is 11.3 Å². The van der Waals surface area contributed by atoms with Crippen LogP contribution in [0.15, 0.2) is 64.2 Å². The lowest BCUT2D eigenvalue weighted by Gasteiger charge is -2.12. The molecule has 0 aliphatic heterocycles. The van der Waals surface area contributed by atoms with Gasteiger partial charge in [0.1, 0.15) is 4.21 Å². The van der Waals surface area contributed by atoms with Crippen LogP contribution in [0.5, 0.6) is 0 Å². The first-order valence-corrected chi connectivity index (χ1v) is 11.4. The second-order valence-corrected chi connectivity index (χ2v) is 9.12. The molecular weight excluding hydrogens is 424 g/mol. The highest BCUT2D eigenvalue weighted by atomic mass is 32.2. The van der Waals surface area contributed by atoms with Crippen molar-refractivity contribution in [3.8, 4) is 0 Å². The lowest BCUT2D eigenvalue weighted by molar-refractivity contribution is 0.0525. The molecule has 0 bridgehead atoms. The minimum Gasteiger partial charge on any atom is -0.462 e. The van der Waals surface area contributed by atoms with E-state index >= 15 is 0 Å². The maximum absolute atomic E-state index is 12.6. The van der Waals surface area contributed by atoms with Gasteiger partial charge >= 0.3 is 5.97 Å². The highest BCUT2D eigenvalue weighted by Crippen LogP contribution is 2.22. The number of ether oxygens (including phenoxy) is 1. The molecule has 0 unspecified atom stereocenters. The number of nitrogens with one attached hydrogen (secondary N) is 2. The summed E-state index contributed by atoms with van der Waals surface area (Å²) in [6, 6.07) is 14.2. The first-order chi connectivity index (χ1) is 14.3. The van der Waals surface area contributed by atoms with E-state index in [1.54, 1.807) is 43.5 Å². The summed E-state index contributed by atoms with van der Waals surface area (Å²) in [4.78, 5) is 24.6. The zero-order valence-electron chi connectivity index (χ0n) is 16.3. The Labute approximate surface area is 178 Å². The molecule has 156 valence electrons. The van der Waals surface area contributed by atoms with Crippen molar-refractivity contribution in [3.63, 3.8) is 0 Å². The summed E-state index contributed by atoms with van der Waals surface area (Å²) in [5, 5.41) is 4.45. The molecule has 2 aromatic carbocycles. The lowest BCUT2D eigenvalue weighted by atomic mass is 10.1. The number of thiophene rings is 1. The largest absolute Gasteiger partial charge is 0.462 e. The predicted octanol–water partition coefficient (Wildman–Crippen LogP) is 4.29. The van der Waals surface area contributed by atoms with Gasteiger partial charge in [0.2, 0.25) is 0 Å². The Balaban J connectivity index is 1.73. The summed E-state index contributed by atoms with van der Waals surface area (Å²) in [6.45, 7) is 3.71. The van der Waals surface area contributed by atoms with Crippen LogP contribution in [0, 0.1) is 6.92 Å². The maximum Gasteiger partial charge on any atom is 0.338 e. The molecule has 1 heterocycles. The fourth-order valence-electron chi connectivity index (χ4n) is 2.71. The van der Waals surface area contributed by atoms with Crippen LogP contribution in [0.4, 0.5) is 11.4 Å². The normalized spacial score (nSPS) is 11.0. The summed E-state index contributed by atoms with van der Waals surface area (Å²) in [6.07, 6.45) is 0. The number of anilines is 2. The van der Waals surface area contributed by atoms with E-state index in [1.807, 2.05) is 0 Å². The van der Waals surface area contributed by atoms with Crippen molar-refractivity contribution in [1.29, 1.82) is 0 Å². The second kappa shape index (κ2) is 9.10. The summed E-state index contributed by atoms with van der Waals surface area (Å²) in [5.74, 6) is -0.833. The SMILES string of the molecule is CCOC(=O)c1cccc(NC(=O)c2ccc(NS(=O)(=O)c3cccs3)cc2)c1C. The molecule has 3 aromatic rings. The predicted molar refractivity (Wildman–Crippen MR) is 117 cm³/mol. The van der Waals surface area contributed by atoms with Crippen LogP contribution in [-0.4, -0.2) is 26.9 Å². The molecule has 0 atom stereocenters. The van der Waals surface area contributed by atoms with Gasteiger partial charge in [-0.3, -0.25) is 9.52 Å². The molecule has 0 saturated carbocycles. The molecule has 1 aromatic heterocycles. The molecule has 0 fully saturated rings. The number of hydrogen-bond acceptors (Lipinski definition) is 6. The molecular formula is C21H20N2O5S2. The number of amides is 1. The highest BCUT2D eigenvalue weighted by molar-refractivity contribution is 7.94. The lowest BCUT2D eigenvalue weighted by Crippen LogP contribution is -2.15. The van der Waals surface area contributed by atoms with Crippen molar-refractivity contribution in [1.82, 2.24) is 0 Å². The number of hydrogen-bond donors (Lipinski definition) is 2. The van der Waals surface area contributed by atoms with Gasteiger partial charge in [0.25, 0.3) is 15.9 Å². The van der Waals surface area contributed by atoms with Crippen LogP contribution in [0.1, 0.15) is 33.2 Å². The molecule has 0 aliphatic carbocycles. The third-order valence-electron chi connectivity index (χ3n) is 4.24. The van der Waals surface area contributed by atoms with Gasteiger partial charge in [-0.15, -0.1) is 11.3 Å². The van der Waals surface area contributed by atoms with Gasteiger partial charge in [0, 0.05) is 16.9 Å². The fourth-order valence-corrected chi connectivity index (χ4v) is 4.76. The Morgan fingerprint density at radius 2 is 1.77 bits per heavy atom. The van der Waals surface area contributed by atoms with E-state index in [2.05, 4.69) is 10.0 Å². The molecule has 30 heavy (non-hydrogen) atoms. The Kier molecular flexibility index (Phi) is 6.53. The van der Waals surface area contributed by atoms with Gasteiger partial charge in [0.15, 0.2) is 0 Å². The minimum absolute atomic E-state index is 0.210. The van der Waals surface area contributed by atoms with E-state index in [9.17, 15) is 18.0 Å². The maximum atomic E-state index is 12.6. The number of benzene rings is 2. The van der Waals surface area contributed by atoms with E-state index in [-0.39, 0.29) is 16.7 Å². The summed E-state index contributed by atoms with van der Waals surface area (Å²) in [5.41, 5.74) is 2.17. The number of esters is 1. The van der Waals surface area contributed by atoms with Gasteiger partial charge < -0.3 is 10.1 Å². The van der Waals surface area contributed by atoms with Crippen LogP contribution in [0.25, 0.3) is 0 Å². The average molecular weight is 445 g/mol. The molecule has 1 amide bonds. The van der Waals surface area contributed by atoms with Crippen molar-refractivity contribution in [2.75, 3.05) is 16.6 Å². The standard InChI is InChI=1S/C21H20N2O5S2/c1-3-28-21(25)17-6-4-7-18(14(17)2)22-20(24)15-9-11-16(12-10-15)23-30(26,27)19-8-5-13-29-19/h4-13,23H,3H2,1-2H3,(H,22,24). The Bertz CT molecular complexity index is 1150. The first-order valence-electron chi connectivity index (χ1n) is 9.06. The van der Waals surface area contributed by atoms with Crippen LogP contribution >= 0.6 is 11.3 Å². The van der Waals surface area contributed by atoms with Crippen molar-refractivity contribution in [2.24, 2.45) is 0 Å². The monoisotopic (exact) mass is 444 g/mol. The number of sulfonamides is 1. The molecule has 2 N–H and O–H groups in total. The number of carbonyl (C=O) groups is 2. The van der Waals surface area contributed by atoms with Crippen molar-refractivity contribution in [3.05, 3.63) is 76.7 Å². The van der Waals surface area contributed by atoms with E-state index in [0.29, 0.717) is 28.1 Å². The van der Waals surface area contributed by atoms with Gasteiger partial charge in [0.05, 0.1) is 12.2 Å². The van der Waals surface area contributed by atoms with Gasteiger partial charge in [-0.1, -0.05) is 12.1 Å². The topological polar surface area (TPSA) is 102 Å². The molecule has 9 heteroatoms. The second-order valence-electron chi connectivity index (χ2n) is 6.27. The molecule has 7 nitrogen and oxygen atoms in total. The van der Waals surface area contributed by atoms with E-state index in [1.165, 1.54) is 30.3 Å². The molecule has 0 radical (unpaired) electrons. The van der Waals surface area contributed by atoms with Crippen LogP contribution in [-0.2, 0) is 14.8 Å². The van der Waals surface area contributed by atoms with Crippen LogP contribution in [0.2, 0.25) is 0 Å². The zero-order valence-corrected chi connectivity index (χ0v) is 18.0. The Hall–Kier alpha value is -3.17. The Morgan fingerprint density at radius 3 is 2.40 bits per heavy atom. The van der Waals surface area contributed by atoms with Gasteiger partial charge in [-0.25, -0.2) is 13.2 Å². The smallest absolute Gasteiger partial charge is 0.338 e. The van der Waals surface area contributed by atoms with Crippen molar-refractivity contribution < 1.29 is 22.7 Å². The quantitative estimate of drug-likeness (QED) is 0.530. The molecule has 0 saturated heterocycles. The van der Waals surface area contributed by atoms with Crippen LogP contribution in [0.3, 0.4) is 0 Å². The van der Waals surface area contributed by atoms with Gasteiger partial charge in [-0.05, 0) is 67.3 Å². The number of carbonyl (C=O) groups excluding carboxylic acids is 2. The van der Waals surface area contributed by atoms with Crippen molar-refractivity contribution in [2.45, 2.75) is 18.1 Å². The molecule has 3 rings (SSSR count). The molecule has 0 aliphatic rings. The van der Waals surface area contributed by atoms with E-state index in [4.69, 9.17) is 4.74 Å². The summed E-state index contributed by atoms with van der Waals surface area (Å²) < 4.78 is 32.3. The minimum atomic E-state index is -3.65. The zero-order chi connectivity index (χ0) is 21.7. The number of rotatable bonds is 7. The first kappa shape index (κ1) is 21.5. The summed E-state index contributed by atoms with van der Waals surface area (Å²) in [7, 11) is -3.65. The van der Waals surface area contributed by atoms with E-state index < -0.39 is 16.0 Å². The van der Waals surface area contributed by atoms with Gasteiger partial charge in [-0.2, -0.15) is 0 Å². The summed E-state index contributed by atoms with van der Waals surface area (Å²) >= 11 is 1.12. The van der Waals surface area contributed by atoms with Crippen molar-refractivity contribution >= 4 is 44.6 Å². The third kappa shape index (κ3) is 4.87. The van der Waals surface area contributed by atoms with Crippen LogP contribution < -0.4 is 10.0 Å². The molecule has 0 spiro atoms. The third-order valence-corrected chi connectivity index (χ3v) is 7.02. The highest BCUT2D eigenvalue weighted by Gasteiger charge is 2.17.